The van der Waals surface area contributed by atoms with Crippen LogP contribution in [0.25, 0.3) is 0 Å². The van der Waals surface area contributed by atoms with E-state index in [1.165, 1.54) is 19.1 Å². The Morgan fingerprint density at radius 3 is 2.27 bits per heavy atom. The summed E-state index contributed by atoms with van der Waals surface area (Å²) < 4.78 is 25.7. The van der Waals surface area contributed by atoms with Gasteiger partial charge in [0.05, 0.1) is 23.0 Å². The van der Waals surface area contributed by atoms with E-state index in [9.17, 15) is 13.2 Å². The van der Waals surface area contributed by atoms with Crippen molar-refractivity contribution in [3.05, 3.63) is 64.1 Å². The predicted octanol–water partition coefficient (Wildman–Crippen LogP) is 4.03. The summed E-state index contributed by atoms with van der Waals surface area (Å²) in [4.78, 5) is 12.7. The Morgan fingerprint density at radius 2 is 1.69 bits per heavy atom. The number of nitrogens with zero attached hydrogens (tertiary/aromatic N) is 1. The first-order valence-electron chi connectivity index (χ1n) is 7.91. The van der Waals surface area contributed by atoms with Crippen molar-refractivity contribution in [1.29, 1.82) is 0 Å². The number of amides is 1. The van der Waals surface area contributed by atoms with Crippen LogP contribution in [0.3, 0.4) is 0 Å². The molecule has 5 nitrogen and oxygen atoms in total. The third kappa shape index (κ3) is 4.90. The van der Waals surface area contributed by atoms with Crippen LogP contribution < -0.4 is 9.62 Å². The van der Waals surface area contributed by atoms with Crippen LogP contribution in [0, 0.1) is 0 Å². The Hall–Kier alpha value is -1.76. The van der Waals surface area contributed by atoms with Crippen LogP contribution in [0.15, 0.2) is 48.5 Å². The van der Waals surface area contributed by atoms with Crippen LogP contribution in [-0.2, 0) is 14.8 Å². The highest BCUT2D eigenvalue weighted by molar-refractivity contribution is 7.92. The van der Waals surface area contributed by atoms with E-state index in [1.54, 1.807) is 6.07 Å². The number of carbonyl (C=O) groups excluding carboxylic acids is 1. The van der Waals surface area contributed by atoms with E-state index < -0.39 is 22.0 Å². The van der Waals surface area contributed by atoms with Gasteiger partial charge in [-0.1, -0.05) is 53.5 Å². The van der Waals surface area contributed by atoms with Crippen LogP contribution in [0.2, 0.25) is 10.0 Å². The molecule has 0 aromatic heterocycles. The molecule has 2 aromatic rings. The van der Waals surface area contributed by atoms with Crippen LogP contribution in [-0.4, -0.2) is 26.6 Å². The average Bonchev–Trinajstić information content (AvgIpc) is 2.57. The van der Waals surface area contributed by atoms with Crippen LogP contribution in [0.4, 0.5) is 5.69 Å². The normalized spacial score (nSPS) is 13.7. The molecule has 8 heteroatoms. The van der Waals surface area contributed by atoms with Gasteiger partial charge < -0.3 is 5.32 Å². The molecule has 2 atom stereocenters. The smallest absolute Gasteiger partial charge is 0.244 e. The third-order valence-corrected chi connectivity index (χ3v) is 5.67. The second kappa shape index (κ2) is 8.29. The molecule has 1 N–H and O–H groups in total. The van der Waals surface area contributed by atoms with Crippen molar-refractivity contribution in [2.24, 2.45) is 0 Å². The Kier molecular flexibility index (Phi) is 6.55. The molecule has 0 bridgehead atoms. The zero-order valence-corrected chi connectivity index (χ0v) is 16.9. The second-order valence-corrected chi connectivity index (χ2v) is 8.67. The number of hydrogen-bond acceptors (Lipinski definition) is 3. The number of benzene rings is 2. The third-order valence-electron chi connectivity index (χ3n) is 3.89. The van der Waals surface area contributed by atoms with Crippen molar-refractivity contribution in [2.75, 3.05) is 10.6 Å². The molecule has 0 spiro atoms. The van der Waals surface area contributed by atoms with Crippen molar-refractivity contribution in [1.82, 2.24) is 5.32 Å². The monoisotopic (exact) mass is 414 g/mol. The summed E-state index contributed by atoms with van der Waals surface area (Å²) in [6.07, 6.45) is 1.02. The summed E-state index contributed by atoms with van der Waals surface area (Å²) in [5.41, 5.74) is 1.08. The first-order valence-corrected chi connectivity index (χ1v) is 10.5. The van der Waals surface area contributed by atoms with Crippen molar-refractivity contribution in [3.63, 3.8) is 0 Å². The van der Waals surface area contributed by atoms with E-state index in [0.29, 0.717) is 5.02 Å². The number of halogens is 2. The van der Waals surface area contributed by atoms with E-state index >= 15 is 0 Å². The molecule has 0 saturated heterocycles. The maximum atomic E-state index is 12.7. The molecule has 0 radical (unpaired) electrons. The molecule has 0 aliphatic heterocycles. The van der Waals surface area contributed by atoms with Crippen molar-refractivity contribution in [2.45, 2.75) is 25.9 Å². The molecule has 0 saturated carbocycles. The van der Waals surface area contributed by atoms with Gasteiger partial charge in [0, 0.05) is 5.02 Å². The molecule has 0 heterocycles. The highest BCUT2D eigenvalue weighted by atomic mass is 35.5. The van der Waals surface area contributed by atoms with Gasteiger partial charge in [-0.3, -0.25) is 9.10 Å². The SMILES string of the molecule is C[C@H](C(=O)N[C@H](C)c1ccccc1)N(c1cc(Cl)ccc1Cl)S(C)(=O)=O. The molecule has 2 aromatic carbocycles. The van der Waals surface area contributed by atoms with Crippen molar-refractivity contribution < 1.29 is 13.2 Å². The van der Waals surface area contributed by atoms with E-state index in [-0.39, 0.29) is 16.8 Å². The molecule has 0 aliphatic carbocycles. The van der Waals surface area contributed by atoms with Gasteiger partial charge in [0.25, 0.3) is 0 Å². The van der Waals surface area contributed by atoms with Crippen molar-refractivity contribution >= 4 is 44.8 Å². The standard InChI is InChI=1S/C18H20Cl2N2O3S/c1-12(14-7-5-4-6-8-14)21-18(23)13(2)22(26(3,24)25)17-11-15(19)9-10-16(17)20/h4-13H,1-3H3,(H,21,23)/t12-,13-/m1/s1. The molecule has 1 amide bonds. The largest absolute Gasteiger partial charge is 0.348 e. The summed E-state index contributed by atoms with van der Waals surface area (Å²) >= 11 is 12.1. The number of nitrogens with one attached hydrogen (secondary N) is 1. The quantitative estimate of drug-likeness (QED) is 0.775. The Labute approximate surface area is 164 Å². The van der Waals surface area contributed by atoms with E-state index in [4.69, 9.17) is 23.2 Å². The molecule has 0 unspecified atom stereocenters. The van der Waals surface area contributed by atoms with Gasteiger partial charge in [0.1, 0.15) is 6.04 Å². The lowest BCUT2D eigenvalue weighted by atomic mass is 10.1. The Balaban J connectivity index is 2.31. The lowest BCUT2D eigenvalue weighted by Crippen LogP contribution is -2.48. The van der Waals surface area contributed by atoms with E-state index in [2.05, 4.69) is 5.32 Å². The fourth-order valence-electron chi connectivity index (χ4n) is 2.59. The van der Waals surface area contributed by atoms with E-state index in [0.717, 1.165) is 16.1 Å². The highest BCUT2D eigenvalue weighted by Gasteiger charge is 2.31. The minimum Gasteiger partial charge on any atom is -0.348 e. The minimum atomic E-state index is -3.77. The topological polar surface area (TPSA) is 66.5 Å². The Morgan fingerprint density at radius 1 is 1.08 bits per heavy atom. The first kappa shape index (κ1) is 20.6. The number of anilines is 1. The molecular formula is C18H20Cl2N2O3S. The molecule has 26 heavy (non-hydrogen) atoms. The lowest BCUT2D eigenvalue weighted by molar-refractivity contribution is -0.122. The lowest BCUT2D eigenvalue weighted by Gasteiger charge is -2.30. The molecule has 2 rings (SSSR count). The summed E-state index contributed by atoms with van der Waals surface area (Å²) in [5.74, 6) is -0.442. The molecule has 0 fully saturated rings. The summed E-state index contributed by atoms with van der Waals surface area (Å²) in [6, 6.07) is 12.6. The minimum absolute atomic E-state index is 0.164. The second-order valence-electron chi connectivity index (χ2n) is 5.97. The zero-order chi connectivity index (χ0) is 19.5. The number of sulfonamides is 1. The van der Waals surface area contributed by atoms with Crippen LogP contribution >= 0.6 is 23.2 Å². The number of carbonyl (C=O) groups is 1. The fraction of sp³-hybridized carbons (Fsp3) is 0.278. The van der Waals surface area contributed by atoms with Crippen molar-refractivity contribution in [3.8, 4) is 0 Å². The average molecular weight is 415 g/mol. The maximum Gasteiger partial charge on any atom is 0.244 e. The van der Waals surface area contributed by atoms with Crippen LogP contribution in [0.5, 0.6) is 0 Å². The molecular weight excluding hydrogens is 395 g/mol. The van der Waals surface area contributed by atoms with Gasteiger partial charge in [0.15, 0.2) is 0 Å². The Bertz CT molecular complexity index is 889. The van der Waals surface area contributed by atoms with Gasteiger partial charge in [-0.05, 0) is 37.6 Å². The number of rotatable bonds is 6. The van der Waals surface area contributed by atoms with E-state index in [1.807, 2.05) is 37.3 Å². The maximum absolute atomic E-state index is 12.7. The van der Waals surface area contributed by atoms with Gasteiger partial charge in [-0.25, -0.2) is 8.42 Å². The predicted molar refractivity (Wildman–Crippen MR) is 106 cm³/mol. The molecule has 0 aliphatic rings. The summed E-state index contributed by atoms with van der Waals surface area (Å²) in [7, 11) is -3.77. The molecule has 140 valence electrons. The highest BCUT2D eigenvalue weighted by Crippen LogP contribution is 2.32. The fourth-order valence-corrected chi connectivity index (χ4v) is 4.20. The van der Waals surface area contributed by atoms with Crippen LogP contribution in [0.1, 0.15) is 25.5 Å². The summed E-state index contributed by atoms with van der Waals surface area (Å²) in [6.45, 7) is 3.34. The summed E-state index contributed by atoms with van der Waals surface area (Å²) in [5, 5.41) is 3.34. The number of hydrogen-bond donors (Lipinski definition) is 1. The zero-order valence-electron chi connectivity index (χ0n) is 14.6. The van der Waals surface area contributed by atoms with Gasteiger partial charge in [0.2, 0.25) is 15.9 Å². The van der Waals surface area contributed by atoms with Gasteiger partial charge in [-0.2, -0.15) is 0 Å². The van der Waals surface area contributed by atoms with Gasteiger partial charge in [-0.15, -0.1) is 0 Å². The van der Waals surface area contributed by atoms with Gasteiger partial charge >= 0.3 is 0 Å². The first-order chi connectivity index (χ1) is 12.1.